The Hall–Kier alpha value is -2.94. The molecule has 0 unspecified atom stereocenters. The predicted molar refractivity (Wildman–Crippen MR) is 85.2 cm³/mol. The third-order valence-electron chi connectivity index (χ3n) is 3.78. The van der Waals surface area contributed by atoms with Gasteiger partial charge < -0.3 is 9.84 Å². The molecule has 0 bridgehead atoms. The molecule has 1 amide bonds. The molecule has 0 saturated heterocycles. The normalized spacial score (nSPS) is 20.0. The van der Waals surface area contributed by atoms with E-state index in [9.17, 15) is 23.1 Å². The first-order valence-electron chi connectivity index (χ1n) is 7.59. The molecule has 0 aliphatic carbocycles. The summed E-state index contributed by atoms with van der Waals surface area (Å²) in [6.45, 7) is -0.702. The Morgan fingerprint density at radius 1 is 1.23 bits per heavy atom. The maximum atomic E-state index is 13.4. The van der Waals surface area contributed by atoms with Crippen molar-refractivity contribution >= 4 is 11.6 Å². The molecule has 3 rings (SSSR count). The molecule has 9 heteroatoms. The van der Waals surface area contributed by atoms with Crippen molar-refractivity contribution in [1.82, 2.24) is 9.99 Å². The maximum Gasteiger partial charge on any atom is 0.438 e. The fourth-order valence-corrected chi connectivity index (χ4v) is 2.45. The van der Waals surface area contributed by atoms with Crippen LogP contribution in [0.3, 0.4) is 0 Å². The van der Waals surface area contributed by atoms with E-state index in [1.165, 1.54) is 24.5 Å². The molecular weight excluding hydrogens is 351 g/mol. The monoisotopic (exact) mass is 365 g/mol. The van der Waals surface area contributed by atoms with Crippen LogP contribution < -0.4 is 4.74 Å². The van der Waals surface area contributed by atoms with Crippen LogP contribution in [-0.4, -0.2) is 45.2 Å². The lowest BCUT2D eigenvalue weighted by atomic mass is 10.0. The SMILES string of the molecule is O=C(COc1ccccc1)N1N=C(c2cccnc2)C[C@@]1(O)C(F)(F)F. The number of carbonyl (C=O) groups is 1. The molecule has 1 aromatic heterocycles. The molecule has 26 heavy (non-hydrogen) atoms. The number of hydrazone groups is 1. The van der Waals surface area contributed by atoms with Gasteiger partial charge in [-0.3, -0.25) is 9.78 Å². The smallest absolute Gasteiger partial charge is 0.438 e. The van der Waals surface area contributed by atoms with E-state index < -0.39 is 30.8 Å². The van der Waals surface area contributed by atoms with Gasteiger partial charge in [0.2, 0.25) is 0 Å². The number of hydrogen-bond acceptors (Lipinski definition) is 5. The number of halogens is 3. The number of aromatic nitrogens is 1. The van der Waals surface area contributed by atoms with Crippen LogP contribution in [0.2, 0.25) is 0 Å². The number of benzene rings is 1. The van der Waals surface area contributed by atoms with Gasteiger partial charge in [-0.2, -0.15) is 23.3 Å². The molecule has 6 nitrogen and oxygen atoms in total. The Morgan fingerprint density at radius 3 is 2.58 bits per heavy atom. The Balaban J connectivity index is 1.85. The van der Waals surface area contributed by atoms with E-state index in [0.717, 1.165) is 0 Å². The fraction of sp³-hybridized carbons (Fsp3) is 0.235. The summed E-state index contributed by atoms with van der Waals surface area (Å²) >= 11 is 0. The van der Waals surface area contributed by atoms with Crippen molar-refractivity contribution in [2.24, 2.45) is 5.10 Å². The molecule has 1 N–H and O–H groups in total. The van der Waals surface area contributed by atoms with Gasteiger partial charge in [0, 0.05) is 18.0 Å². The Bertz CT molecular complexity index is 812. The van der Waals surface area contributed by atoms with Gasteiger partial charge in [-0.05, 0) is 18.2 Å². The number of hydrogen-bond donors (Lipinski definition) is 1. The van der Waals surface area contributed by atoms with E-state index in [1.807, 2.05) is 0 Å². The summed E-state index contributed by atoms with van der Waals surface area (Å²) in [6, 6.07) is 11.2. The number of para-hydroxylation sites is 1. The topological polar surface area (TPSA) is 75.0 Å². The second-order valence-corrected chi connectivity index (χ2v) is 5.59. The Kier molecular flexibility index (Phi) is 4.64. The van der Waals surface area contributed by atoms with Crippen LogP contribution in [0.4, 0.5) is 13.2 Å². The number of aliphatic hydroxyl groups is 1. The summed E-state index contributed by atoms with van der Waals surface area (Å²) in [4.78, 5) is 16.1. The van der Waals surface area contributed by atoms with Crippen molar-refractivity contribution in [3.05, 3.63) is 60.4 Å². The molecular formula is C17H14F3N3O3. The van der Waals surface area contributed by atoms with Gasteiger partial charge in [-0.15, -0.1) is 0 Å². The minimum Gasteiger partial charge on any atom is -0.484 e. The molecule has 1 aliphatic heterocycles. The molecule has 0 saturated carbocycles. The lowest BCUT2D eigenvalue weighted by molar-refractivity contribution is -0.302. The zero-order valence-electron chi connectivity index (χ0n) is 13.3. The lowest BCUT2D eigenvalue weighted by Crippen LogP contribution is -2.57. The number of carbonyl (C=O) groups excluding carboxylic acids is 1. The second-order valence-electron chi connectivity index (χ2n) is 5.59. The molecule has 0 spiro atoms. The van der Waals surface area contributed by atoms with Crippen molar-refractivity contribution in [1.29, 1.82) is 0 Å². The van der Waals surface area contributed by atoms with Gasteiger partial charge in [-0.25, -0.2) is 0 Å². The van der Waals surface area contributed by atoms with E-state index in [2.05, 4.69) is 10.1 Å². The first-order valence-corrected chi connectivity index (χ1v) is 7.59. The zero-order chi connectivity index (χ0) is 18.8. The fourth-order valence-electron chi connectivity index (χ4n) is 2.45. The van der Waals surface area contributed by atoms with E-state index in [0.29, 0.717) is 5.75 Å². The van der Waals surface area contributed by atoms with E-state index in [4.69, 9.17) is 4.74 Å². The third-order valence-corrected chi connectivity index (χ3v) is 3.78. The minimum atomic E-state index is -5.09. The highest BCUT2D eigenvalue weighted by atomic mass is 19.4. The third kappa shape index (κ3) is 3.38. The lowest BCUT2D eigenvalue weighted by Gasteiger charge is -2.32. The quantitative estimate of drug-likeness (QED) is 0.903. The second kappa shape index (κ2) is 6.75. The van der Waals surface area contributed by atoms with E-state index in [-0.39, 0.29) is 16.3 Å². The minimum absolute atomic E-state index is 0.0400. The van der Waals surface area contributed by atoms with Crippen LogP contribution in [-0.2, 0) is 4.79 Å². The van der Waals surface area contributed by atoms with Crippen LogP contribution in [0.5, 0.6) is 5.75 Å². The van der Waals surface area contributed by atoms with Gasteiger partial charge >= 0.3 is 6.18 Å². The van der Waals surface area contributed by atoms with E-state index in [1.54, 1.807) is 30.3 Å². The predicted octanol–water partition coefficient (Wildman–Crippen LogP) is 2.35. The van der Waals surface area contributed by atoms with Crippen molar-refractivity contribution in [3.63, 3.8) is 0 Å². The summed E-state index contributed by atoms with van der Waals surface area (Å²) in [5.41, 5.74) is -3.24. The average Bonchev–Trinajstić information content (AvgIpc) is 3.00. The van der Waals surface area contributed by atoms with Gasteiger partial charge in [0.05, 0.1) is 12.1 Å². The molecule has 2 heterocycles. The van der Waals surface area contributed by atoms with Gasteiger partial charge in [0.15, 0.2) is 6.61 Å². The van der Waals surface area contributed by atoms with Crippen LogP contribution in [0.25, 0.3) is 0 Å². The molecule has 1 aromatic carbocycles. The molecule has 0 radical (unpaired) electrons. The highest BCUT2D eigenvalue weighted by molar-refractivity contribution is 6.03. The Morgan fingerprint density at radius 2 is 1.96 bits per heavy atom. The standard InChI is InChI=1S/C17H14F3N3O3/c18-17(19,20)16(25)9-14(12-5-4-8-21-10-12)22-23(16)15(24)11-26-13-6-2-1-3-7-13/h1-8,10,25H,9,11H2/t16-/m1/s1. The zero-order valence-corrected chi connectivity index (χ0v) is 13.3. The molecule has 1 atom stereocenters. The summed E-state index contributed by atoms with van der Waals surface area (Å²) in [5, 5.41) is 13.9. The average molecular weight is 365 g/mol. The first-order chi connectivity index (χ1) is 12.3. The van der Waals surface area contributed by atoms with Crippen molar-refractivity contribution in [2.75, 3.05) is 6.61 Å². The van der Waals surface area contributed by atoms with Crippen LogP contribution in [0.1, 0.15) is 12.0 Å². The largest absolute Gasteiger partial charge is 0.484 e. The molecule has 1 aliphatic rings. The van der Waals surface area contributed by atoms with Crippen LogP contribution in [0, 0.1) is 0 Å². The van der Waals surface area contributed by atoms with Gasteiger partial charge in [-0.1, -0.05) is 24.3 Å². The first kappa shape index (κ1) is 17.9. The van der Waals surface area contributed by atoms with Gasteiger partial charge in [0.25, 0.3) is 11.6 Å². The number of alkyl halides is 3. The van der Waals surface area contributed by atoms with E-state index >= 15 is 0 Å². The Labute approximate surface area is 146 Å². The molecule has 136 valence electrons. The number of pyridine rings is 1. The van der Waals surface area contributed by atoms with Crippen molar-refractivity contribution < 1.29 is 27.8 Å². The summed E-state index contributed by atoms with van der Waals surface area (Å²) in [7, 11) is 0. The van der Waals surface area contributed by atoms with Crippen molar-refractivity contribution in [3.8, 4) is 5.75 Å². The number of ether oxygens (including phenoxy) is 1. The van der Waals surface area contributed by atoms with Gasteiger partial charge in [0.1, 0.15) is 5.75 Å². The summed E-state index contributed by atoms with van der Waals surface area (Å²) in [5.74, 6) is -0.806. The summed E-state index contributed by atoms with van der Waals surface area (Å²) in [6.07, 6.45) is -3.22. The van der Waals surface area contributed by atoms with Crippen LogP contribution >= 0.6 is 0 Å². The maximum absolute atomic E-state index is 13.4. The number of nitrogens with zero attached hydrogens (tertiary/aromatic N) is 3. The molecule has 2 aromatic rings. The number of rotatable bonds is 4. The highest BCUT2D eigenvalue weighted by Crippen LogP contribution is 2.41. The molecule has 0 fully saturated rings. The summed E-state index contributed by atoms with van der Waals surface area (Å²) < 4.78 is 45.5. The van der Waals surface area contributed by atoms with Crippen LogP contribution in [0.15, 0.2) is 60.0 Å². The number of amides is 1. The van der Waals surface area contributed by atoms with Crippen molar-refractivity contribution in [2.45, 2.75) is 18.3 Å². The highest BCUT2D eigenvalue weighted by Gasteiger charge is 2.63.